The molecule has 0 fully saturated rings. The number of anilines is 2. The molecule has 1 amide bonds. The molecule has 0 atom stereocenters. The van der Waals surface area contributed by atoms with E-state index in [2.05, 4.69) is 15.3 Å². The van der Waals surface area contributed by atoms with Crippen LogP contribution in [0.4, 0.5) is 10.8 Å². The van der Waals surface area contributed by atoms with Crippen LogP contribution in [0.3, 0.4) is 0 Å². The zero-order valence-corrected chi connectivity index (χ0v) is 20.1. The Labute approximate surface area is 194 Å². The Morgan fingerprint density at radius 3 is 2.56 bits per heavy atom. The fraction of sp³-hybridized carbons (Fsp3) is 0.190. The van der Waals surface area contributed by atoms with Gasteiger partial charge in [0.1, 0.15) is 0 Å². The Bertz CT molecular complexity index is 1380. The molecule has 0 spiro atoms. The summed E-state index contributed by atoms with van der Waals surface area (Å²) in [6.07, 6.45) is 1.16. The minimum absolute atomic E-state index is 0.159. The first-order valence-corrected chi connectivity index (χ1v) is 13.3. The number of fused-ring (bicyclic) bond motifs is 1. The summed E-state index contributed by atoms with van der Waals surface area (Å²) < 4.78 is 26.5. The maximum absolute atomic E-state index is 12.4. The van der Waals surface area contributed by atoms with E-state index in [0.717, 1.165) is 28.0 Å². The number of nitrogens with one attached hydrogen (secondary N) is 1. The average molecular weight is 488 g/mol. The van der Waals surface area contributed by atoms with Gasteiger partial charge >= 0.3 is 0 Å². The molecule has 0 aliphatic carbocycles. The van der Waals surface area contributed by atoms with Gasteiger partial charge in [0.05, 0.1) is 34.4 Å². The van der Waals surface area contributed by atoms with E-state index in [-0.39, 0.29) is 11.7 Å². The quantitative estimate of drug-likeness (QED) is 0.398. The Kier molecular flexibility index (Phi) is 6.22. The number of rotatable bonds is 7. The highest BCUT2D eigenvalue weighted by Gasteiger charge is 2.14. The van der Waals surface area contributed by atoms with Crippen molar-refractivity contribution < 1.29 is 13.2 Å². The molecule has 0 unspecified atom stereocenters. The van der Waals surface area contributed by atoms with Gasteiger partial charge in [0.15, 0.2) is 10.3 Å². The van der Waals surface area contributed by atoms with Crippen molar-refractivity contribution in [2.45, 2.75) is 5.16 Å². The van der Waals surface area contributed by atoms with E-state index < -0.39 is 10.0 Å². The van der Waals surface area contributed by atoms with Crippen molar-refractivity contribution in [3.05, 3.63) is 53.9 Å². The molecule has 0 aliphatic heterocycles. The lowest BCUT2D eigenvalue weighted by molar-refractivity contribution is -0.113. The van der Waals surface area contributed by atoms with Gasteiger partial charge in [-0.3, -0.25) is 9.10 Å². The van der Waals surface area contributed by atoms with Crippen molar-refractivity contribution >= 4 is 60.9 Å². The lowest BCUT2D eigenvalue weighted by Gasteiger charge is -2.16. The number of para-hydroxylation sites is 2. The average Bonchev–Trinajstić information content (AvgIpc) is 3.36. The van der Waals surface area contributed by atoms with E-state index in [9.17, 15) is 13.2 Å². The smallest absolute Gasteiger partial charge is 0.236 e. The summed E-state index contributed by atoms with van der Waals surface area (Å²) in [5, 5.41) is 5.96. The van der Waals surface area contributed by atoms with Crippen LogP contribution in [0.15, 0.2) is 59.1 Å². The Morgan fingerprint density at radius 2 is 1.88 bits per heavy atom. The van der Waals surface area contributed by atoms with Crippen LogP contribution in [0.2, 0.25) is 0 Å². The minimum atomic E-state index is -3.31. The third-order valence-electron chi connectivity index (χ3n) is 4.85. The van der Waals surface area contributed by atoms with E-state index in [0.29, 0.717) is 16.5 Å². The van der Waals surface area contributed by atoms with E-state index in [1.807, 2.05) is 41.3 Å². The summed E-state index contributed by atoms with van der Waals surface area (Å²) in [6.45, 7) is 0. The molecular weight excluding hydrogens is 466 g/mol. The number of aryl methyl sites for hydroxylation is 1. The normalized spacial score (nSPS) is 11.6. The molecule has 2 aromatic heterocycles. The van der Waals surface area contributed by atoms with E-state index in [1.54, 1.807) is 24.3 Å². The summed E-state index contributed by atoms with van der Waals surface area (Å²) in [7, 11) is 0.124. The van der Waals surface area contributed by atoms with Gasteiger partial charge in [-0.1, -0.05) is 36.0 Å². The molecule has 32 heavy (non-hydrogen) atoms. The van der Waals surface area contributed by atoms with Gasteiger partial charge in [0.2, 0.25) is 15.9 Å². The van der Waals surface area contributed by atoms with E-state index in [4.69, 9.17) is 0 Å². The molecule has 0 saturated carbocycles. The van der Waals surface area contributed by atoms with Crippen LogP contribution in [0, 0.1) is 0 Å². The van der Waals surface area contributed by atoms with Crippen LogP contribution >= 0.6 is 23.1 Å². The number of carbonyl (C=O) groups is 1. The number of amides is 1. The van der Waals surface area contributed by atoms with Crippen LogP contribution in [0.5, 0.6) is 0 Å². The zero-order valence-electron chi connectivity index (χ0n) is 17.6. The maximum Gasteiger partial charge on any atom is 0.236 e. The van der Waals surface area contributed by atoms with Crippen molar-refractivity contribution in [3.8, 4) is 11.3 Å². The van der Waals surface area contributed by atoms with Gasteiger partial charge in [-0.25, -0.2) is 18.4 Å². The van der Waals surface area contributed by atoms with Crippen LogP contribution in [0.1, 0.15) is 0 Å². The molecule has 11 heteroatoms. The van der Waals surface area contributed by atoms with Gasteiger partial charge in [0, 0.05) is 25.0 Å². The van der Waals surface area contributed by atoms with E-state index >= 15 is 0 Å². The molecule has 2 heterocycles. The first kappa shape index (κ1) is 22.3. The number of nitrogens with zero attached hydrogens (tertiary/aromatic N) is 4. The van der Waals surface area contributed by atoms with Gasteiger partial charge in [-0.05, 0) is 24.3 Å². The molecular formula is C21H21N5O3S3. The SMILES string of the molecule is CN(c1ccc(-c2csc(NC(=O)CSc3nc4ccccc4n3C)n2)cc1)S(C)(=O)=O. The summed E-state index contributed by atoms with van der Waals surface area (Å²) >= 11 is 2.71. The van der Waals surface area contributed by atoms with Gasteiger partial charge in [-0.15, -0.1) is 11.3 Å². The molecule has 1 N–H and O–H groups in total. The molecule has 8 nitrogen and oxygen atoms in total. The highest BCUT2D eigenvalue weighted by molar-refractivity contribution is 7.99. The number of sulfonamides is 1. The molecule has 4 rings (SSSR count). The third kappa shape index (κ3) is 4.79. The zero-order chi connectivity index (χ0) is 22.9. The number of hydrogen-bond acceptors (Lipinski definition) is 7. The number of aromatic nitrogens is 3. The first-order chi connectivity index (χ1) is 15.2. The van der Waals surface area contributed by atoms with Crippen LogP contribution in [-0.4, -0.2) is 47.9 Å². The summed E-state index contributed by atoms with van der Waals surface area (Å²) in [5.74, 6) is 0.0616. The predicted octanol–water partition coefficient (Wildman–Crippen LogP) is 3.82. The fourth-order valence-corrected chi connectivity index (χ4v) is 5.06. The van der Waals surface area contributed by atoms with Gasteiger partial charge < -0.3 is 9.88 Å². The van der Waals surface area contributed by atoms with Crippen LogP contribution in [0.25, 0.3) is 22.3 Å². The summed E-state index contributed by atoms with van der Waals surface area (Å²) in [5.41, 5.74) is 4.03. The Hall–Kier alpha value is -2.89. The number of carbonyl (C=O) groups excluding carboxylic acids is 1. The number of thiazole rings is 1. The van der Waals surface area contributed by atoms with Crippen LogP contribution < -0.4 is 9.62 Å². The number of benzene rings is 2. The van der Waals surface area contributed by atoms with Gasteiger partial charge in [-0.2, -0.15) is 0 Å². The van der Waals surface area contributed by atoms with Crippen molar-refractivity contribution in [3.63, 3.8) is 0 Å². The fourth-order valence-electron chi connectivity index (χ4n) is 3.04. The molecule has 166 valence electrons. The monoisotopic (exact) mass is 487 g/mol. The third-order valence-corrected chi connectivity index (χ3v) is 7.85. The summed E-state index contributed by atoms with van der Waals surface area (Å²) in [4.78, 5) is 21.4. The largest absolute Gasteiger partial charge is 0.322 e. The Balaban J connectivity index is 1.38. The minimum Gasteiger partial charge on any atom is -0.322 e. The highest BCUT2D eigenvalue weighted by atomic mass is 32.2. The van der Waals surface area contributed by atoms with Crippen molar-refractivity contribution in [1.82, 2.24) is 14.5 Å². The van der Waals surface area contributed by atoms with Crippen molar-refractivity contribution in [2.24, 2.45) is 7.05 Å². The van der Waals surface area contributed by atoms with Crippen molar-refractivity contribution in [2.75, 3.05) is 28.7 Å². The molecule has 0 saturated heterocycles. The highest BCUT2D eigenvalue weighted by Crippen LogP contribution is 2.28. The second-order valence-corrected chi connectivity index (χ2v) is 10.9. The van der Waals surface area contributed by atoms with E-state index in [1.165, 1.54) is 34.5 Å². The lowest BCUT2D eigenvalue weighted by atomic mass is 10.1. The van der Waals surface area contributed by atoms with Gasteiger partial charge in [0.25, 0.3) is 0 Å². The molecule has 0 aliphatic rings. The summed E-state index contributed by atoms with van der Waals surface area (Å²) in [6, 6.07) is 14.9. The standard InChI is InChI=1S/C21H21N5O3S3/c1-25-18-7-5-4-6-16(18)23-21(25)31-13-19(27)24-20-22-17(12-30-20)14-8-10-15(11-9-14)26(2)32(3,28)29/h4-12H,13H2,1-3H3,(H,22,24,27). The molecule has 0 bridgehead atoms. The second kappa shape index (κ2) is 8.93. The number of imidazole rings is 1. The molecule has 2 aromatic carbocycles. The van der Waals surface area contributed by atoms with Crippen molar-refractivity contribution in [1.29, 1.82) is 0 Å². The topological polar surface area (TPSA) is 97.2 Å². The van der Waals surface area contributed by atoms with Crippen LogP contribution in [-0.2, 0) is 21.9 Å². The predicted molar refractivity (Wildman–Crippen MR) is 131 cm³/mol. The Morgan fingerprint density at radius 1 is 1.16 bits per heavy atom. The molecule has 0 radical (unpaired) electrons. The second-order valence-electron chi connectivity index (χ2n) is 7.09. The lowest BCUT2D eigenvalue weighted by Crippen LogP contribution is -2.24. The number of hydrogen-bond donors (Lipinski definition) is 1. The maximum atomic E-state index is 12.4. The number of thioether (sulfide) groups is 1. The molecule has 4 aromatic rings. The first-order valence-electron chi connectivity index (χ1n) is 9.56.